The first-order valence-electron chi connectivity index (χ1n) is 6.55. The van der Waals surface area contributed by atoms with Crippen LogP contribution >= 0.6 is 0 Å². The van der Waals surface area contributed by atoms with Crippen molar-refractivity contribution in [2.24, 2.45) is 5.92 Å². The summed E-state index contributed by atoms with van der Waals surface area (Å²) in [4.78, 5) is 0. The molecule has 1 aromatic carbocycles. The van der Waals surface area contributed by atoms with Gasteiger partial charge in [0.05, 0.1) is 0 Å². The van der Waals surface area contributed by atoms with Crippen molar-refractivity contribution < 1.29 is 0 Å². The number of rotatable bonds is 6. The third kappa shape index (κ3) is 5.75. The van der Waals surface area contributed by atoms with Crippen LogP contribution in [0.1, 0.15) is 46.1 Å². The van der Waals surface area contributed by atoms with Crippen LogP contribution in [0.5, 0.6) is 0 Å². The molecule has 17 heavy (non-hydrogen) atoms. The van der Waals surface area contributed by atoms with Gasteiger partial charge in [-0.2, -0.15) is 0 Å². The van der Waals surface area contributed by atoms with E-state index < -0.39 is 0 Å². The van der Waals surface area contributed by atoms with Gasteiger partial charge in [0, 0.05) is 0 Å². The molecule has 0 N–H and O–H groups in total. The Morgan fingerprint density at radius 2 is 1.82 bits per heavy atom. The zero-order chi connectivity index (χ0) is 12.7. The normalized spacial score (nSPS) is 14.1. The van der Waals surface area contributed by atoms with Gasteiger partial charge in [0.1, 0.15) is 0 Å². The van der Waals surface area contributed by atoms with Crippen LogP contribution in [0.2, 0.25) is 3.97 Å². The summed E-state index contributed by atoms with van der Waals surface area (Å²) >= 11 is -0.0452. The molecule has 0 fully saturated rings. The van der Waals surface area contributed by atoms with Gasteiger partial charge in [-0.3, -0.25) is 0 Å². The number of hydrogen-bond acceptors (Lipinski definition) is 0. The Kier molecular flexibility index (Phi) is 6.93. The molecule has 1 unspecified atom stereocenters. The van der Waals surface area contributed by atoms with E-state index in [4.69, 9.17) is 0 Å². The van der Waals surface area contributed by atoms with Gasteiger partial charge in [-0.05, 0) is 0 Å². The van der Waals surface area contributed by atoms with Crippen LogP contribution in [0.15, 0.2) is 36.4 Å². The number of benzene rings is 1. The maximum absolute atomic E-state index is 2.49. The Balaban J connectivity index is 2.83. The quantitative estimate of drug-likeness (QED) is 0.638. The molecule has 0 saturated carbocycles. The molecule has 0 aromatic heterocycles. The second-order valence-electron chi connectivity index (χ2n) is 4.90. The molecule has 0 aliphatic carbocycles. The molecule has 0 radical (unpaired) electrons. The fourth-order valence-electron chi connectivity index (χ4n) is 1.48. The van der Waals surface area contributed by atoms with Crippen molar-refractivity contribution in [2.45, 2.75) is 44.5 Å². The Morgan fingerprint density at radius 1 is 1.18 bits per heavy atom. The van der Waals surface area contributed by atoms with Gasteiger partial charge in [-0.25, -0.2) is 0 Å². The van der Waals surface area contributed by atoms with E-state index in [0.717, 1.165) is 9.88 Å². The van der Waals surface area contributed by atoms with Crippen LogP contribution in [0.3, 0.4) is 0 Å². The van der Waals surface area contributed by atoms with Gasteiger partial charge in [0.15, 0.2) is 0 Å². The summed E-state index contributed by atoms with van der Waals surface area (Å²) in [6.07, 6.45) is 5.02. The number of allylic oxidation sites excluding steroid dienone is 1. The van der Waals surface area contributed by atoms with E-state index in [1.807, 2.05) is 0 Å². The van der Waals surface area contributed by atoms with Crippen molar-refractivity contribution in [3.8, 4) is 0 Å². The van der Waals surface area contributed by atoms with E-state index in [1.54, 1.807) is 3.62 Å². The Morgan fingerprint density at radius 3 is 2.35 bits per heavy atom. The van der Waals surface area contributed by atoms with E-state index in [2.05, 4.69) is 64.1 Å². The molecule has 0 bridgehead atoms. The fraction of sp³-hybridized carbons (Fsp3) is 0.500. The zero-order valence-electron chi connectivity index (χ0n) is 11.4. The molecule has 0 nitrogen and oxygen atoms in total. The Bertz CT molecular complexity index is 338. The van der Waals surface area contributed by atoms with Crippen LogP contribution in [0.25, 0.3) is 3.62 Å². The molecule has 0 spiro atoms. The summed E-state index contributed by atoms with van der Waals surface area (Å²) in [5.41, 5.74) is 1.45. The molecular formula is C16H24Te. The second kappa shape index (κ2) is 7.96. The standard InChI is InChI=1S/C16H24Te/c1-5-14(4)17-16(12-11-13(2)3)15-9-7-6-8-10-15/h6-10,12-14H,5,11H2,1-4H3/b16-12+. The van der Waals surface area contributed by atoms with E-state index in [9.17, 15) is 0 Å². The predicted molar refractivity (Wildman–Crippen MR) is 79.3 cm³/mol. The van der Waals surface area contributed by atoms with Gasteiger partial charge >= 0.3 is 117 Å². The molecule has 0 amide bonds. The zero-order valence-corrected chi connectivity index (χ0v) is 13.8. The maximum atomic E-state index is 2.49. The first-order valence-corrected chi connectivity index (χ1v) is 9.06. The van der Waals surface area contributed by atoms with Crippen molar-refractivity contribution in [1.82, 2.24) is 0 Å². The topological polar surface area (TPSA) is 0 Å². The summed E-state index contributed by atoms with van der Waals surface area (Å²) in [5.74, 6) is 0.762. The van der Waals surface area contributed by atoms with Gasteiger partial charge in [-0.1, -0.05) is 0 Å². The van der Waals surface area contributed by atoms with E-state index in [1.165, 1.54) is 18.4 Å². The average molecular weight is 344 g/mol. The predicted octanol–water partition coefficient (Wildman–Crippen LogP) is 5.00. The fourth-order valence-corrected chi connectivity index (χ4v) is 4.52. The van der Waals surface area contributed by atoms with Gasteiger partial charge in [0.25, 0.3) is 0 Å². The van der Waals surface area contributed by atoms with Crippen molar-refractivity contribution in [2.75, 3.05) is 0 Å². The van der Waals surface area contributed by atoms with Crippen molar-refractivity contribution in [3.05, 3.63) is 42.0 Å². The third-order valence-corrected chi connectivity index (χ3v) is 6.71. The summed E-state index contributed by atoms with van der Waals surface area (Å²) in [6.45, 7) is 9.29. The van der Waals surface area contributed by atoms with Gasteiger partial charge < -0.3 is 0 Å². The molecule has 0 aliphatic heterocycles. The SMILES string of the molecule is CCC(C)[Te]/C(=C/CC(C)C)c1ccccc1. The molecule has 0 saturated heterocycles. The molecule has 0 aliphatic rings. The average Bonchev–Trinajstić information content (AvgIpc) is 2.35. The minimum absolute atomic E-state index is 0.0452. The van der Waals surface area contributed by atoms with Crippen LogP contribution in [-0.4, -0.2) is 20.9 Å². The van der Waals surface area contributed by atoms with Gasteiger partial charge in [-0.15, -0.1) is 0 Å². The molecular weight excluding hydrogens is 320 g/mol. The minimum atomic E-state index is -0.0452. The van der Waals surface area contributed by atoms with E-state index in [-0.39, 0.29) is 20.9 Å². The molecule has 94 valence electrons. The van der Waals surface area contributed by atoms with Crippen LogP contribution in [-0.2, 0) is 0 Å². The van der Waals surface area contributed by atoms with Crippen LogP contribution in [0, 0.1) is 5.92 Å². The third-order valence-electron chi connectivity index (χ3n) is 2.74. The van der Waals surface area contributed by atoms with Crippen molar-refractivity contribution in [1.29, 1.82) is 0 Å². The monoisotopic (exact) mass is 346 g/mol. The Labute approximate surface area is 117 Å². The first kappa shape index (κ1) is 14.8. The first-order chi connectivity index (χ1) is 8.13. The summed E-state index contributed by atoms with van der Waals surface area (Å²) in [7, 11) is 0. The molecule has 1 rings (SSSR count). The van der Waals surface area contributed by atoms with Gasteiger partial charge in [0.2, 0.25) is 0 Å². The van der Waals surface area contributed by atoms with Crippen molar-refractivity contribution in [3.63, 3.8) is 0 Å². The molecule has 1 aromatic rings. The molecule has 1 atom stereocenters. The van der Waals surface area contributed by atoms with Crippen LogP contribution in [0.4, 0.5) is 0 Å². The number of hydrogen-bond donors (Lipinski definition) is 0. The second-order valence-corrected chi connectivity index (χ2v) is 9.13. The Hall–Kier alpha value is -0.250. The summed E-state index contributed by atoms with van der Waals surface area (Å²) in [6, 6.07) is 10.9. The summed E-state index contributed by atoms with van der Waals surface area (Å²) in [5, 5.41) is 0. The van der Waals surface area contributed by atoms with Crippen molar-refractivity contribution >= 4 is 24.5 Å². The molecule has 1 heteroatoms. The molecule has 0 heterocycles. The summed E-state index contributed by atoms with van der Waals surface area (Å²) < 4.78 is 2.55. The van der Waals surface area contributed by atoms with Crippen LogP contribution < -0.4 is 0 Å². The van der Waals surface area contributed by atoms with E-state index in [0.29, 0.717) is 0 Å². The van der Waals surface area contributed by atoms with E-state index >= 15 is 0 Å².